The Morgan fingerprint density at radius 1 is 1.25 bits per heavy atom. The molecular weight excluding hydrogens is 416 g/mol. The van der Waals surface area contributed by atoms with Crippen molar-refractivity contribution in [1.82, 2.24) is 5.32 Å². The van der Waals surface area contributed by atoms with Crippen molar-refractivity contribution in [3.63, 3.8) is 0 Å². The summed E-state index contributed by atoms with van der Waals surface area (Å²) in [5, 5.41) is 14.4. The van der Waals surface area contributed by atoms with Crippen molar-refractivity contribution in [2.75, 3.05) is 19.8 Å². The number of dihydropyridines is 1. The second kappa shape index (κ2) is 10.2. The van der Waals surface area contributed by atoms with Gasteiger partial charge in [0.05, 0.1) is 28.1 Å². The summed E-state index contributed by atoms with van der Waals surface area (Å²) in [6.07, 6.45) is 2.98. The van der Waals surface area contributed by atoms with Gasteiger partial charge in [-0.15, -0.1) is 0 Å². The minimum Gasteiger partial charge on any atom is -0.459 e. The highest BCUT2D eigenvalue weighted by Gasteiger charge is 2.38. The van der Waals surface area contributed by atoms with E-state index in [0.29, 0.717) is 23.6 Å². The zero-order valence-corrected chi connectivity index (χ0v) is 18.1. The van der Waals surface area contributed by atoms with Crippen LogP contribution in [0.3, 0.4) is 0 Å². The third-order valence-electron chi connectivity index (χ3n) is 5.37. The third kappa shape index (κ3) is 5.05. The van der Waals surface area contributed by atoms with E-state index in [-0.39, 0.29) is 36.2 Å². The molecular formula is C23H26N2O7. The lowest BCUT2D eigenvalue weighted by Gasteiger charge is -2.30. The highest BCUT2D eigenvalue weighted by Crippen LogP contribution is 2.40. The van der Waals surface area contributed by atoms with Crippen molar-refractivity contribution < 1.29 is 28.7 Å². The van der Waals surface area contributed by atoms with Gasteiger partial charge >= 0.3 is 11.9 Å². The van der Waals surface area contributed by atoms with Gasteiger partial charge < -0.3 is 19.5 Å². The Bertz CT molecular complexity index is 990. The largest absolute Gasteiger partial charge is 0.459 e. The highest BCUT2D eigenvalue weighted by atomic mass is 16.6. The predicted molar refractivity (Wildman–Crippen MR) is 115 cm³/mol. The van der Waals surface area contributed by atoms with Crippen molar-refractivity contribution in [2.45, 2.75) is 38.7 Å². The van der Waals surface area contributed by atoms with Crippen LogP contribution in [0.1, 0.15) is 38.2 Å². The number of carbonyl (C=O) groups excluding carboxylic acids is 2. The molecule has 1 fully saturated rings. The molecule has 0 bridgehead atoms. The first-order valence-electron chi connectivity index (χ1n) is 10.3. The van der Waals surface area contributed by atoms with Gasteiger partial charge in [0.25, 0.3) is 5.69 Å². The van der Waals surface area contributed by atoms with Crippen LogP contribution in [0.25, 0.3) is 0 Å². The van der Waals surface area contributed by atoms with Crippen LogP contribution in [0, 0.1) is 10.1 Å². The first-order valence-corrected chi connectivity index (χ1v) is 10.3. The first-order chi connectivity index (χ1) is 15.3. The summed E-state index contributed by atoms with van der Waals surface area (Å²) in [4.78, 5) is 36.9. The summed E-state index contributed by atoms with van der Waals surface area (Å²) in [6.45, 7) is 7.63. The van der Waals surface area contributed by atoms with Crippen molar-refractivity contribution in [3.05, 3.63) is 75.1 Å². The molecule has 1 N–H and O–H groups in total. The summed E-state index contributed by atoms with van der Waals surface area (Å²) < 4.78 is 16.3. The summed E-state index contributed by atoms with van der Waals surface area (Å²) in [5.41, 5.74) is 1.62. The number of ether oxygens (including phenoxy) is 3. The molecule has 0 radical (unpaired) electrons. The number of non-ortho nitro benzene ring substituents is 1. The molecule has 0 saturated carbocycles. The van der Waals surface area contributed by atoms with Crippen molar-refractivity contribution >= 4 is 17.6 Å². The number of rotatable bonds is 8. The van der Waals surface area contributed by atoms with Crippen LogP contribution in [0.2, 0.25) is 0 Å². The third-order valence-corrected chi connectivity index (χ3v) is 5.37. The normalized spacial score (nSPS) is 20.6. The molecule has 9 nitrogen and oxygen atoms in total. The number of nitrogens with one attached hydrogen (secondary N) is 1. The molecule has 1 saturated heterocycles. The molecule has 32 heavy (non-hydrogen) atoms. The topological polar surface area (TPSA) is 117 Å². The molecule has 2 heterocycles. The van der Waals surface area contributed by atoms with E-state index < -0.39 is 22.8 Å². The van der Waals surface area contributed by atoms with Gasteiger partial charge in [-0.3, -0.25) is 10.1 Å². The summed E-state index contributed by atoms with van der Waals surface area (Å²) in [7, 11) is 0. The molecule has 0 amide bonds. The Kier molecular flexibility index (Phi) is 7.42. The average Bonchev–Trinajstić information content (AvgIpc) is 3.29. The maximum atomic E-state index is 13.2. The molecule has 0 aliphatic carbocycles. The Labute approximate surface area is 185 Å². The van der Waals surface area contributed by atoms with Gasteiger partial charge in [0.2, 0.25) is 0 Å². The molecule has 1 aromatic carbocycles. The van der Waals surface area contributed by atoms with Crippen LogP contribution in [-0.4, -0.2) is 42.8 Å². The summed E-state index contributed by atoms with van der Waals surface area (Å²) in [6, 6.07) is 5.85. The first kappa shape index (κ1) is 23.2. The van der Waals surface area contributed by atoms with Gasteiger partial charge in [0.1, 0.15) is 13.2 Å². The van der Waals surface area contributed by atoms with Crippen LogP contribution in [-0.2, 0) is 23.8 Å². The maximum Gasteiger partial charge on any atom is 0.337 e. The second-order valence-electron chi connectivity index (χ2n) is 7.61. The van der Waals surface area contributed by atoms with Gasteiger partial charge in [-0.2, -0.15) is 0 Å². The molecule has 3 rings (SSSR count). The Balaban J connectivity index is 2.02. The minimum atomic E-state index is -0.898. The Morgan fingerprint density at radius 2 is 1.94 bits per heavy atom. The van der Waals surface area contributed by atoms with E-state index in [1.165, 1.54) is 24.3 Å². The van der Waals surface area contributed by atoms with Crippen molar-refractivity contribution in [1.29, 1.82) is 0 Å². The molecule has 170 valence electrons. The number of hydrogen-bond donors (Lipinski definition) is 1. The van der Waals surface area contributed by atoms with E-state index in [4.69, 9.17) is 14.2 Å². The monoisotopic (exact) mass is 442 g/mol. The van der Waals surface area contributed by atoms with E-state index in [2.05, 4.69) is 11.9 Å². The van der Waals surface area contributed by atoms with Gasteiger partial charge in [0.15, 0.2) is 0 Å². The van der Waals surface area contributed by atoms with Gasteiger partial charge in [-0.25, -0.2) is 9.59 Å². The summed E-state index contributed by atoms with van der Waals surface area (Å²) in [5.74, 6) is -2.17. The average molecular weight is 442 g/mol. The van der Waals surface area contributed by atoms with Crippen LogP contribution in [0.4, 0.5) is 5.69 Å². The van der Waals surface area contributed by atoms with Gasteiger partial charge in [0, 0.05) is 30.1 Å². The fraction of sp³-hybridized carbons (Fsp3) is 0.391. The number of nitro benzene ring substituents is 1. The van der Waals surface area contributed by atoms with E-state index in [9.17, 15) is 19.7 Å². The Hall–Kier alpha value is -3.46. The molecule has 2 aliphatic heterocycles. The fourth-order valence-electron chi connectivity index (χ4n) is 3.92. The number of carbonyl (C=O) groups is 2. The number of nitrogens with zero attached hydrogens (tertiary/aromatic N) is 1. The quantitative estimate of drug-likeness (QED) is 0.282. The van der Waals surface area contributed by atoms with Crippen LogP contribution in [0.5, 0.6) is 0 Å². The number of benzene rings is 1. The molecule has 9 heteroatoms. The van der Waals surface area contributed by atoms with Gasteiger partial charge in [-0.05, 0) is 32.3 Å². The van der Waals surface area contributed by atoms with Crippen LogP contribution in [0.15, 0.2) is 59.5 Å². The highest BCUT2D eigenvalue weighted by molar-refractivity contribution is 6.00. The lowest BCUT2D eigenvalue weighted by molar-refractivity contribution is -0.384. The van der Waals surface area contributed by atoms with Crippen molar-refractivity contribution in [2.24, 2.45) is 0 Å². The zero-order valence-electron chi connectivity index (χ0n) is 18.1. The number of hydrogen-bond acceptors (Lipinski definition) is 8. The molecule has 0 spiro atoms. The molecule has 0 aromatic heterocycles. The van der Waals surface area contributed by atoms with Crippen LogP contribution < -0.4 is 5.32 Å². The maximum absolute atomic E-state index is 13.2. The molecule has 2 unspecified atom stereocenters. The lowest BCUT2D eigenvalue weighted by Crippen LogP contribution is -2.33. The van der Waals surface area contributed by atoms with E-state index in [1.807, 2.05) is 0 Å². The standard InChI is InChI=1S/C23H26N2O7/c1-4-10-31-22(26)19-14(2)24-15(3)20(23(27)32-13-18-9-6-11-30-18)21(19)16-7-5-8-17(12-16)25(28)29/h4-5,7-8,12,18,21,24H,1,6,9-11,13H2,2-3H3. The van der Waals surface area contributed by atoms with Crippen LogP contribution >= 0.6 is 0 Å². The number of nitro groups is 1. The fourth-order valence-corrected chi connectivity index (χ4v) is 3.92. The summed E-state index contributed by atoms with van der Waals surface area (Å²) >= 11 is 0. The number of allylic oxidation sites excluding steroid dienone is 2. The predicted octanol–water partition coefficient (Wildman–Crippen LogP) is 3.28. The van der Waals surface area contributed by atoms with Crippen molar-refractivity contribution in [3.8, 4) is 0 Å². The Morgan fingerprint density at radius 3 is 2.53 bits per heavy atom. The molecule has 2 atom stereocenters. The molecule has 1 aromatic rings. The number of esters is 2. The van der Waals surface area contributed by atoms with E-state index in [1.54, 1.807) is 19.9 Å². The van der Waals surface area contributed by atoms with E-state index in [0.717, 1.165) is 12.8 Å². The van der Waals surface area contributed by atoms with Gasteiger partial charge in [-0.1, -0.05) is 24.8 Å². The van der Waals surface area contributed by atoms with E-state index >= 15 is 0 Å². The lowest BCUT2D eigenvalue weighted by atomic mass is 9.80. The minimum absolute atomic E-state index is 0.0151. The smallest absolute Gasteiger partial charge is 0.337 e. The zero-order chi connectivity index (χ0) is 23.3. The SMILES string of the molecule is C=CCOC(=O)C1=C(C)NC(C)=C(C(=O)OCC2CCCO2)C1c1cccc([N+](=O)[O-])c1. The second-order valence-corrected chi connectivity index (χ2v) is 7.61. The molecule has 2 aliphatic rings.